The number of nitrogens with zero attached hydrogens (tertiary/aromatic N) is 4. The van der Waals surface area contributed by atoms with Gasteiger partial charge in [-0.1, -0.05) is 12.1 Å². The number of piperidine rings is 1. The smallest absolute Gasteiger partial charge is 0.244 e. The van der Waals surface area contributed by atoms with Gasteiger partial charge < -0.3 is 10.6 Å². The van der Waals surface area contributed by atoms with Crippen LogP contribution in [0.4, 0.5) is 0 Å². The van der Waals surface area contributed by atoms with Gasteiger partial charge in [-0.2, -0.15) is 0 Å². The van der Waals surface area contributed by atoms with Crippen molar-refractivity contribution in [3.05, 3.63) is 12.4 Å². The molecule has 0 saturated carbocycles. The molecule has 0 spiro atoms. The lowest BCUT2D eigenvalue weighted by Gasteiger charge is -2.36. The van der Waals surface area contributed by atoms with Crippen molar-refractivity contribution in [3.63, 3.8) is 0 Å². The number of aromatic nitrogens is 3. The van der Waals surface area contributed by atoms with Gasteiger partial charge in [0.05, 0.1) is 6.20 Å². The monoisotopic (exact) mass is 237 g/mol. The zero-order chi connectivity index (χ0) is 12.3. The van der Waals surface area contributed by atoms with Gasteiger partial charge in [0.2, 0.25) is 5.91 Å². The van der Waals surface area contributed by atoms with Crippen molar-refractivity contribution in [2.75, 3.05) is 19.6 Å². The summed E-state index contributed by atoms with van der Waals surface area (Å²) in [5.74, 6) is 1.12. The molecule has 1 aliphatic heterocycles. The molecule has 1 amide bonds. The molecule has 17 heavy (non-hydrogen) atoms. The first-order valence-electron chi connectivity index (χ1n) is 6.02. The standard InChI is InChI=1S/C11H19N5O/c1-9-2-4-15(7-10(9)6-12)11(17)8-16-5-3-13-14-16/h3,5,9-10H,2,4,6-8,12H2,1H3. The molecule has 2 heterocycles. The average Bonchev–Trinajstić information content (AvgIpc) is 2.82. The maximum absolute atomic E-state index is 12.0. The Morgan fingerprint density at radius 2 is 2.41 bits per heavy atom. The van der Waals surface area contributed by atoms with Crippen LogP contribution in [0.3, 0.4) is 0 Å². The number of hydrogen-bond acceptors (Lipinski definition) is 4. The SMILES string of the molecule is CC1CCN(C(=O)Cn2ccnn2)CC1CN. The van der Waals surface area contributed by atoms with Gasteiger partial charge in [0.1, 0.15) is 6.54 Å². The summed E-state index contributed by atoms with van der Waals surface area (Å²) in [6.45, 7) is 4.72. The fraction of sp³-hybridized carbons (Fsp3) is 0.727. The topological polar surface area (TPSA) is 77.0 Å². The molecular formula is C11H19N5O. The Bertz CT molecular complexity index is 364. The minimum atomic E-state index is 0.0980. The average molecular weight is 237 g/mol. The van der Waals surface area contributed by atoms with Gasteiger partial charge in [0, 0.05) is 19.3 Å². The third kappa shape index (κ3) is 2.82. The molecule has 94 valence electrons. The minimum absolute atomic E-state index is 0.0980. The molecule has 2 rings (SSSR count). The molecule has 1 aliphatic rings. The Balaban J connectivity index is 1.91. The predicted octanol–water partition coefficient (Wildman–Crippen LogP) is -0.279. The van der Waals surface area contributed by atoms with E-state index in [1.807, 2.05) is 4.90 Å². The molecule has 1 aromatic heterocycles. The quantitative estimate of drug-likeness (QED) is 0.784. The van der Waals surface area contributed by atoms with Gasteiger partial charge in [-0.3, -0.25) is 4.79 Å². The second-order valence-electron chi connectivity index (χ2n) is 4.70. The van der Waals surface area contributed by atoms with E-state index in [9.17, 15) is 4.79 Å². The number of amides is 1. The summed E-state index contributed by atoms with van der Waals surface area (Å²) in [5, 5.41) is 7.49. The summed E-state index contributed by atoms with van der Waals surface area (Å²) in [6.07, 6.45) is 4.31. The molecule has 6 heteroatoms. The maximum atomic E-state index is 12.0. The van der Waals surface area contributed by atoms with E-state index in [1.165, 1.54) is 0 Å². The largest absolute Gasteiger partial charge is 0.341 e. The molecular weight excluding hydrogens is 218 g/mol. The first-order valence-corrected chi connectivity index (χ1v) is 6.02. The van der Waals surface area contributed by atoms with E-state index < -0.39 is 0 Å². The van der Waals surface area contributed by atoms with Crippen molar-refractivity contribution in [2.24, 2.45) is 17.6 Å². The van der Waals surface area contributed by atoms with Gasteiger partial charge >= 0.3 is 0 Å². The normalized spacial score (nSPS) is 24.9. The first kappa shape index (κ1) is 12.0. The second-order valence-corrected chi connectivity index (χ2v) is 4.70. The molecule has 1 aromatic rings. The zero-order valence-electron chi connectivity index (χ0n) is 10.1. The van der Waals surface area contributed by atoms with Crippen LogP contribution in [0, 0.1) is 11.8 Å². The molecule has 6 nitrogen and oxygen atoms in total. The van der Waals surface area contributed by atoms with Crippen LogP contribution in [0.1, 0.15) is 13.3 Å². The van der Waals surface area contributed by atoms with Crippen molar-refractivity contribution in [1.29, 1.82) is 0 Å². The number of carbonyl (C=O) groups is 1. The second kappa shape index (κ2) is 5.27. The van der Waals surface area contributed by atoms with Crippen molar-refractivity contribution in [2.45, 2.75) is 19.9 Å². The Morgan fingerprint density at radius 1 is 1.59 bits per heavy atom. The van der Waals surface area contributed by atoms with E-state index in [0.717, 1.165) is 19.5 Å². The molecule has 0 aliphatic carbocycles. The highest BCUT2D eigenvalue weighted by Gasteiger charge is 2.27. The number of likely N-dealkylation sites (tertiary alicyclic amines) is 1. The van der Waals surface area contributed by atoms with Crippen LogP contribution in [-0.4, -0.2) is 45.4 Å². The molecule has 0 bridgehead atoms. The van der Waals surface area contributed by atoms with Crippen LogP contribution in [-0.2, 0) is 11.3 Å². The van der Waals surface area contributed by atoms with Crippen LogP contribution in [0.25, 0.3) is 0 Å². The third-order valence-corrected chi connectivity index (χ3v) is 3.54. The molecule has 0 radical (unpaired) electrons. The van der Waals surface area contributed by atoms with Gasteiger partial charge in [-0.05, 0) is 24.8 Å². The Hall–Kier alpha value is -1.43. The van der Waals surface area contributed by atoms with E-state index in [-0.39, 0.29) is 12.5 Å². The lowest BCUT2D eigenvalue weighted by Crippen LogP contribution is -2.46. The zero-order valence-corrected chi connectivity index (χ0v) is 10.1. The lowest BCUT2D eigenvalue weighted by molar-refractivity contribution is -0.134. The molecule has 0 aromatic carbocycles. The Morgan fingerprint density at radius 3 is 3.06 bits per heavy atom. The lowest BCUT2D eigenvalue weighted by atomic mass is 9.87. The van der Waals surface area contributed by atoms with Crippen LogP contribution in [0.2, 0.25) is 0 Å². The third-order valence-electron chi connectivity index (χ3n) is 3.54. The van der Waals surface area contributed by atoms with Crippen molar-refractivity contribution in [1.82, 2.24) is 19.9 Å². The van der Waals surface area contributed by atoms with E-state index >= 15 is 0 Å². The van der Waals surface area contributed by atoms with Crippen molar-refractivity contribution >= 4 is 5.91 Å². The Labute approximate surface area is 101 Å². The molecule has 1 saturated heterocycles. The number of carbonyl (C=O) groups excluding carboxylic acids is 1. The van der Waals surface area contributed by atoms with E-state index in [4.69, 9.17) is 5.73 Å². The van der Waals surface area contributed by atoms with E-state index in [2.05, 4.69) is 17.2 Å². The minimum Gasteiger partial charge on any atom is -0.341 e. The number of nitrogens with two attached hydrogens (primary N) is 1. The van der Waals surface area contributed by atoms with Gasteiger partial charge in [0.15, 0.2) is 0 Å². The summed E-state index contributed by atoms with van der Waals surface area (Å²) in [6, 6.07) is 0. The first-order chi connectivity index (χ1) is 8.20. The highest BCUT2D eigenvalue weighted by atomic mass is 16.2. The van der Waals surface area contributed by atoms with Gasteiger partial charge in [0.25, 0.3) is 0 Å². The predicted molar refractivity (Wildman–Crippen MR) is 62.9 cm³/mol. The summed E-state index contributed by atoms with van der Waals surface area (Å²) in [5.41, 5.74) is 5.73. The number of rotatable bonds is 3. The van der Waals surface area contributed by atoms with E-state index in [1.54, 1.807) is 17.1 Å². The van der Waals surface area contributed by atoms with E-state index in [0.29, 0.717) is 18.4 Å². The van der Waals surface area contributed by atoms with Crippen molar-refractivity contribution < 1.29 is 4.79 Å². The molecule has 2 N–H and O–H groups in total. The summed E-state index contributed by atoms with van der Waals surface area (Å²) in [4.78, 5) is 13.9. The summed E-state index contributed by atoms with van der Waals surface area (Å²) >= 11 is 0. The maximum Gasteiger partial charge on any atom is 0.244 e. The van der Waals surface area contributed by atoms with Gasteiger partial charge in [-0.15, -0.1) is 5.10 Å². The van der Waals surface area contributed by atoms with Crippen molar-refractivity contribution in [3.8, 4) is 0 Å². The highest BCUT2D eigenvalue weighted by Crippen LogP contribution is 2.22. The number of hydrogen-bond donors (Lipinski definition) is 1. The summed E-state index contributed by atoms with van der Waals surface area (Å²) in [7, 11) is 0. The molecule has 2 atom stereocenters. The Kier molecular flexibility index (Phi) is 3.73. The van der Waals surface area contributed by atoms with Crippen LogP contribution < -0.4 is 5.73 Å². The van der Waals surface area contributed by atoms with Gasteiger partial charge in [-0.25, -0.2) is 4.68 Å². The fourth-order valence-electron chi connectivity index (χ4n) is 2.24. The van der Waals surface area contributed by atoms with Crippen LogP contribution in [0.15, 0.2) is 12.4 Å². The molecule has 2 unspecified atom stereocenters. The molecule has 1 fully saturated rings. The van der Waals surface area contributed by atoms with Crippen LogP contribution in [0.5, 0.6) is 0 Å². The highest BCUT2D eigenvalue weighted by molar-refractivity contribution is 5.76. The summed E-state index contributed by atoms with van der Waals surface area (Å²) < 4.78 is 1.55. The van der Waals surface area contributed by atoms with Crippen LogP contribution >= 0.6 is 0 Å². The fourth-order valence-corrected chi connectivity index (χ4v) is 2.24.